The molecule has 2 aromatic heterocycles. The lowest BCUT2D eigenvalue weighted by Gasteiger charge is -2.33. The standard InChI is InChI=1S/C23H23Cl2N5O2S/c1-31-19-8-18(26)14(7-20(19)32-12-15-16(24)10-28-11-17(15)25)22(27)13-6-21(33-2)23(29-9-13)30-4-3-5-30/h6-11,27H,3-5,12,26H2,1-2H3. The van der Waals surface area contributed by atoms with Crippen LogP contribution >= 0.6 is 35.0 Å². The zero-order valence-electron chi connectivity index (χ0n) is 18.2. The van der Waals surface area contributed by atoms with Crippen LogP contribution in [0.2, 0.25) is 10.0 Å². The summed E-state index contributed by atoms with van der Waals surface area (Å²) in [4.78, 5) is 11.9. The van der Waals surface area contributed by atoms with Gasteiger partial charge in [0.15, 0.2) is 11.5 Å². The van der Waals surface area contributed by atoms with Crippen LogP contribution in [-0.2, 0) is 6.61 Å². The maximum absolute atomic E-state index is 8.82. The second-order valence-corrected chi connectivity index (χ2v) is 9.09. The Hall–Kier alpha value is -2.68. The Morgan fingerprint density at radius 3 is 2.48 bits per heavy atom. The predicted octanol–water partition coefficient (Wildman–Crippen LogP) is 5.30. The number of halogens is 2. The van der Waals surface area contributed by atoms with E-state index in [1.54, 1.807) is 30.1 Å². The van der Waals surface area contributed by atoms with Crippen molar-refractivity contribution in [1.29, 1.82) is 5.41 Å². The summed E-state index contributed by atoms with van der Waals surface area (Å²) >= 11 is 14.0. The van der Waals surface area contributed by atoms with Crippen molar-refractivity contribution in [2.24, 2.45) is 0 Å². The maximum Gasteiger partial charge on any atom is 0.162 e. The minimum absolute atomic E-state index is 0.107. The normalized spacial score (nSPS) is 12.9. The first kappa shape index (κ1) is 23.5. The molecule has 0 bridgehead atoms. The number of rotatable bonds is 8. The lowest BCUT2D eigenvalue weighted by molar-refractivity contribution is 0.284. The molecule has 1 aromatic carbocycles. The fraction of sp³-hybridized carbons (Fsp3) is 0.261. The average Bonchev–Trinajstić information content (AvgIpc) is 2.78. The summed E-state index contributed by atoms with van der Waals surface area (Å²) in [7, 11) is 1.53. The Bertz CT molecular complexity index is 1180. The molecular formula is C23H23Cl2N5O2S. The van der Waals surface area contributed by atoms with Crippen LogP contribution in [0.5, 0.6) is 11.5 Å². The van der Waals surface area contributed by atoms with Crippen molar-refractivity contribution in [3.63, 3.8) is 0 Å². The first-order valence-electron chi connectivity index (χ1n) is 10.2. The highest BCUT2D eigenvalue weighted by molar-refractivity contribution is 7.98. The molecule has 0 saturated carbocycles. The molecule has 4 rings (SSSR count). The first-order chi connectivity index (χ1) is 15.9. The molecule has 1 fully saturated rings. The number of hydrogen-bond acceptors (Lipinski definition) is 8. The zero-order chi connectivity index (χ0) is 23.5. The fourth-order valence-electron chi connectivity index (χ4n) is 3.44. The second-order valence-electron chi connectivity index (χ2n) is 7.43. The van der Waals surface area contributed by atoms with Gasteiger partial charge in [0.1, 0.15) is 12.4 Å². The van der Waals surface area contributed by atoms with Crippen molar-refractivity contribution < 1.29 is 9.47 Å². The van der Waals surface area contributed by atoms with E-state index in [9.17, 15) is 0 Å². The molecule has 0 atom stereocenters. The van der Waals surface area contributed by atoms with Crippen LogP contribution in [0.3, 0.4) is 0 Å². The third kappa shape index (κ3) is 4.83. The minimum atomic E-state index is 0.107. The number of benzene rings is 1. The summed E-state index contributed by atoms with van der Waals surface area (Å²) in [5.41, 5.74) is 8.73. The number of nitrogen functional groups attached to an aromatic ring is 1. The SMILES string of the molecule is COc1cc(N)c(C(=N)c2cnc(N3CCC3)c(SC)c2)cc1OCc1c(Cl)cncc1Cl. The molecule has 1 saturated heterocycles. The van der Waals surface area contributed by atoms with Crippen LogP contribution in [0.25, 0.3) is 0 Å². The van der Waals surface area contributed by atoms with Crippen LogP contribution in [0.15, 0.2) is 41.7 Å². The van der Waals surface area contributed by atoms with Crippen molar-refractivity contribution in [1.82, 2.24) is 9.97 Å². The van der Waals surface area contributed by atoms with Gasteiger partial charge in [-0.05, 0) is 24.8 Å². The Morgan fingerprint density at radius 2 is 1.88 bits per heavy atom. The molecule has 1 aliphatic rings. The molecule has 33 heavy (non-hydrogen) atoms. The number of thioether (sulfide) groups is 1. The monoisotopic (exact) mass is 503 g/mol. The maximum atomic E-state index is 8.82. The van der Waals surface area contributed by atoms with Crippen molar-refractivity contribution in [3.05, 3.63) is 63.5 Å². The molecule has 0 aliphatic carbocycles. The number of hydrogen-bond donors (Lipinski definition) is 2. The Morgan fingerprint density at radius 1 is 1.15 bits per heavy atom. The third-order valence-electron chi connectivity index (χ3n) is 5.43. The van der Waals surface area contributed by atoms with Crippen LogP contribution in [0.4, 0.5) is 11.5 Å². The molecular weight excluding hydrogens is 481 g/mol. The molecule has 3 aromatic rings. The van der Waals surface area contributed by atoms with Gasteiger partial charge in [0.25, 0.3) is 0 Å². The smallest absolute Gasteiger partial charge is 0.162 e. The number of aromatic nitrogens is 2. The third-order valence-corrected chi connectivity index (χ3v) is 6.82. The Labute approximate surface area is 206 Å². The van der Waals surface area contributed by atoms with E-state index < -0.39 is 0 Å². The fourth-order valence-corrected chi connectivity index (χ4v) is 4.52. The zero-order valence-corrected chi connectivity index (χ0v) is 20.5. The molecule has 0 unspecified atom stereocenters. The molecule has 3 heterocycles. The first-order valence-corrected chi connectivity index (χ1v) is 12.2. The minimum Gasteiger partial charge on any atom is -0.493 e. The summed E-state index contributed by atoms with van der Waals surface area (Å²) in [5, 5.41) is 9.63. The average molecular weight is 504 g/mol. The van der Waals surface area contributed by atoms with E-state index in [4.69, 9.17) is 43.8 Å². The van der Waals surface area contributed by atoms with Crippen LogP contribution in [0, 0.1) is 5.41 Å². The molecule has 0 amide bonds. The van der Waals surface area contributed by atoms with E-state index in [-0.39, 0.29) is 12.3 Å². The topological polar surface area (TPSA) is 97.4 Å². The number of ether oxygens (including phenoxy) is 2. The number of nitrogens with one attached hydrogen (secondary N) is 1. The van der Waals surface area contributed by atoms with E-state index in [2.05, 4.69) is 14.9 Å². The van der Waals surface area contributed by atoms with E-state index >= 15 is 0 Å². The molecule has 0 radical (unpaired) electrons. The van der Waals surface area contributed by atoms with E-state index in [1.807, 2.05) is 12.3 Å². The van der Waals surface area contributed by atoms with E-state index in [0.717, 1.165) is 23.8 Å². The van der Waals surface area contributed by atoms with Gasteiger partial charge in [0, 0.05) is 60.1 Å². The largest absolute Gasteiger partial charge is 0.493 e. The molecule has 10 heteroatoms. The molecule has 1 aliphatic heterocycles. The van der Waals surface area contributed by atoms with Gasteiger partial charge in [-0.2, -0.15) is 0 Å². The molecule has 7 nitrogen and oxygen atoms in total. The van der Waals surface area contributed by atoms with Gasteiger partial charge >= 0.3 is 0 Å². The van der Waals surface area contributed by atoms with Gasteiger partial charge in [-0.25, -0.2) is 4.98 Å². The molecule has 3 N–H and O–H groups in total. The Kier molecular flexibility index (Phi) is 7.17. The lowest BCUT2D eigenvalue weighted by atomic mass is 10.0. The lowest BCUT2D eigenvalue weighted by Crippen LogP contribution is -2.38. The van der Waals surface area contributed by atoms with Gasteiger partial charge in [-0.15, -0.1) is 11.8 Å². The van der Waals surface area contributed by atoms with Crippen molar-refractivity contribution in [3.8, 4) is 11.5 Å². The quantitative estimate of drug-likeness (QED) is 0.244. The van der Waals surface area contributed by atoms with E-state index in [1.165, 1.54) is 25.9 Å². The number of nitrogens with two attached hydrogens (primary N) is 1. The summed E-state index contributed by atoms with van der Waals surface area (Å²) in [6.45, 7) is 2.12. The van der Waals surface area contributed by atoms with Crippen LogP contribution in [0.1, 0.15) is 23.1 Å². The summed E-state index contributed by atoms with van der Waals surface area (Å²) in [6, 6.07) is 5.32. The highest BCUT2D eigenvalue weighted by Crippen LogP contribution is 2.36. The van der Waals surface area contributed by atoms with Gasteiger partial charge < -0.3 is 20.1 Å². The second kappa shape index (κ2) is 10.1. The van der Waals surface area contributed by atoms with Crippen molar-refractivity contribution in [2.45, 2.75) is 17.9 Å². The van der Waals surface area contributed by atoms with E-state index in [0.29, 0.717) is 43.9 Å². The predicted molar refractivity (Wildman–Crippen MR) is 135 cm³/mol. The van der Waals surface area contributed by atoms with Crippen molar-refractivity contribution >= 4 is 52.2 Å². The van der Waals surface area contributed by atoms with Crippen LogP contribution < -0.4 is 20.1 Å². The summed E-state index contributed by atoms with van der Waals surface area (Å²) in [5.74, 6) is 1.83. The summed E-state index contributed by atoms with van der Waals surface area (Å²) < 4.78 is 11.4. The highest BCUT2D eigenvalue weighted by Gasteiger charge is 2.21. The van der Waals surface area contributed by atoms with Gasteiger partial charge in [0.05, 0.1) is 27.8 Å². The number of pyridine rings is 2. The highest BCUT2D eigenvalue weighted by atomic mass is 35.5. The molecule has 172 valence electrons. The number of anilines is 2. The Balaban J connectivity index is 1.64. The van der Waals surface area contributed by atoms with Gasteiger partial charge in [-0.1, -0.05) is 23.2 Å². The van der Waals surface area contributed by atoms with Crippen molar-refractivity contribution in [2.75, 3.05) is 37.1 Å². The van der Waals surface area contributed by atoms with Gasteiger partial charge in [-0.3, -0.25) is 10.4 Å². The van der Waals surface area contributed by atoms with Crippen LogP contribution in [-0.4, -0.2) is 42.1 Å². The number of nitrogens with zero attached hydrogens (tertiary/aromatic N) is 3. The molecule has 0 spiro atoms. The summed E-state index contributed by atoms with van der Waals surface area (Å²) in [6.07, 6.45) is 7.92. The number of methoxy groups -OCH3 is 1. The van der Waals surface area contributed by atoms with Gasteiger partial charge in [0.2, 0.25) is 0 Å².